The highest BCUT2D eigenvalue weighted by atomic mass is 16.5. The molecule has 1 aromatic rings. The molecule has 19 heavy (non-hydrogen) atoms. The number of amides is 1. The average Bonchev–Trinajstić information content (AvgIpc) is 2.47. The number of methoxy groups -OCH3 is 1. The van der Waals surface area contributed by atoms with Crippen LogP contribution >= 0.6 is 0 Å². The van der Waals surface area contributed by atoms with Crippen molar-refractivity contribution >= 4 is 5.91 Å². The Morgan fingerprint density at radius 2 is 1.89 bits per heavy atom. The third kappa shape index (κ3) is 1.96. The number of primary amides is 1. The molecule has 0 bridgehead atoms. The number of hydrogen-bond acceptors (Lipinski definition) is 2. The largest absolute Gasteiger partial charge is 0.372 e. The van der Waals surface area contributed by atoms with Crippen molar-refractivity contribution < 1.29 is 9.53 Å². The third-order valence-electron chi connectivity index (χ3n) is 4.82. The van der Waals surface area contributed by atoms with Crippen LogP contribution in [0.4, 0.5) is 0 Å². The fourth-order valence-corrected chi connectivity index (χ4v) is 3.74. The summed E-state index contributed by atoms with van der Waals surface area (Å²) in [7, 11) is 1.70. The number of carbonyl (C=O) groups is 1. The van der Waals surface area contributed by atoms with Crippen molar-refractivity contribution in [3.63, 3.8) is 0 Å². The lowest BCUT2D eigenvalue weighted by molar-refractivity contribution is -0.171. The Morgan fingerprint density at radius 1 is 1.26 bits per heavy atom. The number of benzene rings is 1. The van der Waals surface area contributed by atoms with E-state index in [9.17, 15) is 4.79 Å². The van der Waals surface area contributed by atoms with Crippen molar-refractivity contribution in [3.8, 4) is 0 Å². The van der Waals surface area contributed by atoms with Gasteiger partial charge in [0.2, 0.25) is 5.91 Å². The topological polar surface area (TPSA) is 52.3 Å². The first-order chi connectivity index (χ1) is 9.13. The molecule has 1 saturated carbocycles. The summed E-state index contributed by atoms with van der Waals surface area (Å²) >= 11 is 0. The van der Waals surface area contributed by atoms with Gasteiger partial charge >= 0.3 is 0 Å². The van der Waals surface area contributed by atoms with Crippen LogP contribution in [0.15, 0.2) is 30.3 Å². The number of ether oxygens (including phenoxy) is 1. The molecule has 3 heteroatoms. The van der Waals surface area contributed by atoms with Crippen LogP contribution in [-0.2, 0) is 15.1 Å². The van der Waals surface area contributed by atoms with Gasteiger partial charge in [0.25, 0.3) is 0 Å². The molecule has 1 aromatic carbocycles. The maximum Gasteiger partial charge on any atom is 0.226 e. The van der Waals surface area contributed by atoms with E-state index < -0.39 is 11.0 Å². The van der Waals surface area contributed by atoms with Gasteiger partial charge in [0, 0.05) is 7.11 Å². The van der Waals surface area contributed by atoms with Crippen molar-refractivity contribution in [3.05, 3.63) is 35.9 Å². The fraction of sp³-hybridized carbons (Fsp3) is 0.562. The van der Waals surface area contributed by atoms with Crippen molar-refractivity contribution in [1.82, 2.24) is 0 Å². The van der Waals surface area contributed by atoms with Gasteiger partial charge in [-0.2, -0.15) is 0 Å². The Morgan fingerprint density at radius 3 is 2.42 bits per heavy atom. The number of carbonyl (C=O) groups excluding carboxylic acids is 1. The summed E-state index contributed by atoms with van der Waals surface area (Å²) in [4.78, 5) is 12.2. The summed E-state index contributed by atoms with van der Waals surface area (Å²) < 4.78 is 5.93. The Labute approximate surface area is 115 Å². The van der Waals surface area contributed by atoms with Gasteiger partial charge in [-0.25, -0.2) is 0 Å². The second-order valence-electron chi connectivity index (χ2n) is 5.40. The molecule has 2 atom stereocenters. The minimum atomic E-state index is -0.596. The van der Waals surface area contributed by atoms with Crippen LogP contribution in [0.3, 0.4) is 0 Å². The lowest BCUT2D eigenvalue weighted by atomic mass is 9.58. The molecule has 2 N–H and O–H groups in total. The van der Waals surface area contributed by atoms with Crippen LogP contribution < -0.4 is 5.73 Å². The Balaban J connectivity index is 2.60. The fourth-order valence-electron chi connectivity index (χ4n) is 3.74. The number of nitrogens with two attached hydrogens (primary N) is 1. The van der Waals surface area contributed by atoms with Gasteiger partial charge in [-0.15, -0.1) is 0 Å². The smallest absolute Gasteiger partial charge is 0.226 e. The molecular formula is C16H23NO2. The van der Waals surface area contributed by atoms with Crippen LogP contribution in [-0.4, -0.2) is 13.0 Å². The average molecular weight is 261 g/mol. The zero-order valence-electron chi connectivity index (χ0n) is 11.8. The van der Waals surface area contributed by atoms with Gasteiger partial charge in [-0.1, -0.05) is 50.1 Å². The van der Waals surface area contributed by atoms with Gasteiger partial charge < -0.3 is 10.5 Å². The molecule has 104 valence electrons. The van der Waals surface area contributed by atoms with E-state index in [1.165, 1.54) is 0 Å². The maximum absolute atomic E-state index is 12.2. The van der Waals surface area contributed by atoms with Gasteiger partial charge in [-0.3, -0.25) is 4.79 Å². The molecule has 3 nitrogen and oxygen atoms in total. The number of rotatable bonds is 4. The van der Waals surface area contributed by atoms with E-state index in [-0.39, 0.29) is 5.91 Å². The van der Waals surface area contributed by atoms with E-state index in [0.29, 0.717) is 6.42 Å². The summed E-state index contributed by atoms with van der Waals surface area (Å²) in [5.41, 5.74) is 5.68. The van der Waals surface area contributed by atoms with E-state index in [0.717, 1.165) is 31.2 Å². The first kappa shape index (κ1) is 14.1. The van der Waals surface area contributed by atoms with Gasteiger partial charge in [0.05, 0.1) is 5.41 Å². The molecule has 0 aliphatic heterocycles. The van der Waals surface area contributed by atoms with E-state index >= 15 is 0 Å². The predicted octanol–water partition coefficient (Wildman–Crippen LogP) is 2.98. The molecule has 1 fully saturated rings. The van der Waals surface area contributed by atoms with E-state index in [1.54, 1.807) is 7.11 Å². The lowest BCUT2D eigenvalue weighted by Gasteiger charge is -2.51. The molecule has 0 radical (unpaired) electrons. The maximum atomic E-state index is 12.2. The van der Waals surface area contributed by atoms with Crippen LogP contribution in [0.1, 0.15) is 44.6 Å². The van der Waals surface area contributed by atoms with Gasteiger partial charge in [-0.05, 0) is 24.8 Å². The summed E-state index contributed by atoms with van der Waals surface area (Å²) in [5, 5.41) is 0. The SMILES string of the molecule is CCC1(C(N)=O)CCCCC1(OC)c1ccccc1. The summed E-state index contributed by atoms with van der Waals surface area (Å²) in [6.07, 6.45) is 4.48. The van der Waals surface area contributed by atoms with E-state index in [2.05, 4.69) is 0 Å². The molecule has 0 aromatic heterocycles. The zero-order valence-corrected chi connectivity index (χ0v) is 11.8. The molecule has 1 amide bonds. The van der Waals surface area contributed by atoms with E-state index in [1.807, 2.05) is 37.3 Å². The Kier molecular flexibility index (Phi) is 3.95. The minimum Gasteiger partial charge on any atom is -0.372 e. The van der Waals surface area contributed by atoms with Gasteiger partial charge in [0.1, 0.15) is 5.60 Å². The minimum absolute atomic E-state index is 0.236. The second-order valence-corrected chi connectivity index (χ2v) is 5.40. The summed E-state index contributed by atoms with van der Waals surface area (Å²) in [5.74, 6) is -0.236. The lowest BCUT2D eigenvalue weighted by Crippen LogP contribution is -2.56. The van der Waals surface area contributed by atoms with Crippen molar-refractivity contribution in [2.24, 2.45) is 11.1 Å². The van der Waals surface area contributed by atoms with Gasteiger partial charge in [0.15, 0.2) is 0 Å². The highest BCUT2D eigenvalue weighted by Gasteiger charge is 2.56. The molecule has 2 rings (SSSR count). The molecular weight excluding hydrogens is 238 g/mol. The van der Waals surface area contributed by atoms with E-state index in [4.69, 9.17) is 10.5 Å². The van der Waals surface area contributed by atoms with Crippen LogP contribution in [0, 0.1) is 5.41 Å². The van der Waals surface area contributed by atoms with Crippen molar-refractivity contribution in [2.75, 3.05) is 7.11 Å². The zero-order chi connectivity index (χ0) is 13.9. The standard InChI is InChI=1S/C16H23NO2/c1-3-15(14(17)18)11-7-8-12-16(15,19-2)13-9-5-4-6-10-13/h4-6,9-10H,3,7-8,11-12H2,1-2H3,(H2,17,18). The first-order valence-corrected chi connectivity index (χ1v) is 7.03. The van der Waals surface area contributed by atoms with Crippen molar-refractivity contribution in [2.45, 2.75) is 44.6 Å². The number of hydrogen-bond donors (Lipinski definition) is 1. The van der Waals surface area contributed by atoms with Crippen LogP contribution in [0.5, 0.6) is 0 Å². The Bertz CT molecular complexity index is 445. The molecule has 2 unspecified atom stereocenters. The monoisotopic (exact) mass is 261 g/mol. The molecule has 1 aliphatic carbocycles. The highest BCUT2D eigenvalue weighted by molar-refractivity contribution is 5.83. The Hall–Kier alpha value is -1.35. The highest BCUT2D eigenvalue weighted by Crippen LogP contribution is 2.54. The predicted molar refractivity (Wildman–Crippen MR) is 75.5 cm³/mol. The first-order valence-electron chi connectivity index (χ1n) is 7.03. The third-order valence-corrected chi connectivity index (χ3v) is 4.82. The normalized spacial score (nSPS) is 31.1. The molecule has 0 heterocycles. The molecule has 1 aliphatic rings. The second kappa shape index (κ2) is 5.33. The van der Waals surface area contributed by atoms with Crippen molar-refractivity contribution in [1.29, 1.82) is 0 Å². The quantitative estimate of drug-likeness (QED) is 0.906. The molecule has 0 saturated heterocycles. The van der Waals surface area contributed by atoms with Crippen LogP contribution in [0.25, 0.3) is 0 Å². The molecule has 0 spiro atoms. The van der Waals surface area contributed by atoms with Crippen LogP contribution in [0.2, 0.25) is 0 Å². The summed E-state index contributed by atoms with van der Waals surface area (Å²) in [6, 6.07) is 10.1. The summed E-state index contributed by atoms with van der Waals surface area (Å²) in [6.45, 7) is 2.03.